The van der Waals surface area contributed by atoms with E-state index in [-0.39, 0.29) is 11.5 Å². The van der Waals surface area contributed by atoms with Crippen molar-refractivity contribution in [2.24, 2.45) is 5.73 Å². The molecule has 10 heteroatoms. The smallest absolute Gasteiger partial charge is 0.284 e. The SMILES string of the molecule is CC(O)Cn1cc(-c2ccc(C3CCn4c3c(C(N)=O)c(=O)n4-c3ccccc3)cc2)c2c(N)ncnc21. The Balaban J connectivity index is 1.43. The maximum absolute atomic E-state index is 13.3. The van der Waals surface area contributed by atoms with Crippen molar-refractivity contribution in [3.63, 3.8) is 0 Å². The molecule has 0 saturated carbocycles. The fourth-order valence-electron chi connectivity index (χ4n) is 5.59. The van der Waals surface area contributed by atoms with Crippen molar-refractivity contribution in [3.8, 4) is 16.8 Å². The van der Waals surface area contributed by atoms with Gasteiger partial charge in [0.05, 0.1) is 22.9 Å². The molecule has 2 aromatic carbocycles. The fourth-order valence-corrected chi connectivity index (χ4v) is 5.59. The molecule has 1 aliphatic rings. The topological polar surface area (TPSA) is 147 Å². The Hall–Kier alpha value is -4.70. The molecule has 0 radical (unpaired) electrons. The third-order valence-corrected chi connectivity index (χ3v) is 7.16. The van der Waals surface area contributed by atoms with Gasteiger partial charge in [-0.25, -0.2) is 14.6 Å². The predicted octanol–water partition coefficient (Wildman–Crippen LogP) is 2.65. The summed E-state index contributed by atoms with van der Waals surface area (Å²) in [5.41, 5.74) is 16.3. The lowest BCUT2D eigenvalue weighted by atomic mass is 9.91. The number of carbonyl (C=O) groups is 1. The summed E-state index contributed by atoms with van der Waals surface area (Å²) in [5.74, 6) is -0.515. The van der Waals surface area contributed by atoms with Crippen molar-refractivity contribution in [3.05, 3.63) is 94.3 Å². The van der Waals surface area contributed by atoms with Gasteiger partial charge >= 0.3 is 0 Å². The number of para-hydroxylation sites is 1. The molecule has 38 heavy (non-hydrogen) atoms. The molecule has 1 aliphatic heterocycles. The normalized spacial score (nSPS) is 15.6. The first-order valence-corrected chi connectivity index (χ1v) is 12.4. The number of nitrogen functional groups attached to an aromatic ring is 1. The number of aliphatic hydroxyl groups excluding tert-OH is 1. The second-order valence-corrected chi connectivity index (χ2v) is 9.67. The highest BCUT2D eigenvalue weighted by Crippen LogP contribution is 2.38. The van der Waals surface area contributed by atoms with Gasteiger partial charge in [0, 0.05) is 30.8 Å². The van der Waals surface area contributed by atoms with Crippen LogP contribution in [0.1, 0.15) is 40.9 Å². The number of carbonyl (C=O) groups excluding carboxylic acids is 1. The molecule has 4 heterocycles. The van der Waals surface area contributed by atoms with Gasteiger partial charge in [0.2, 0.25) is 0 Å². The standard InChI is InChI=1S/C28H27N7O3/c1-16(36)13-33-14-21(22-25(29)31-15-32-27(22)33)18-9-7-17(8-10-18)20-11-12-34-24(20)23(26(30)37)28(38)35(34)19-5-3-2-4-6-19/h2-10,14-16,20,36H,11-13H2,1H3,(H2,30,37)(H2,29,31,32). The molecule has 10 nitrogen and oxygen atoms in total. The molecular weight excluding hydrogens is 482 g/mol. The lowest BCUT2D eigenvalue weighted by molar-refractivity contribution is 0.0998. The quantitative estimate of drug-likeness (QED) is 0.321. The third-order valence-electron chi connectivity index (χ3n) is 7.16. The van der Waals surface area contributed by atoms with Crippen LogP contribution in [0.2, 0.25) is 0 Å². The van der Waals surface area contributed by atoms with Crippen LogP contribution in [0.4, 0.5) is 5.82 Å². The molecule has 5 aromatic rings. The highest BCUT2D eigenvalue weighted by Gasteiger charge is 2.35. The maximum atomic E-state index is 13.3. The van der Waals surface area contributed by atoms with Gasteiger partial charge in [0.25, 0.3) is 11.5 Å². The molecule has 2 unspecified atom stereocenters. The van der Waals surface area contributed by atoms with Crippen molar-refractivity contribution >= 4 is 22.8 Å². The second kappa shape index (κ2) is 9.00. The summed E-state index contributed by atoms with van der Waals surface area (Å²) in [5, 5.41) is 10.7. The molecule has 0 spiro atoms. The van der Waals surface area contributed by atoms with E-state index in [0.717, 1.165) is 28.5 Å². The number of aliphatic hydroxyl groups is 1. The molecular formula is C28H27N7O3. The Kier molecular flexibility index (Phi) is 5.61. The Morgan fingerprint density at radius 1 is 1.13 bits per heavy atom. The van der Waals surface area contributed by atoms with E-state index < -0.39 is 17.6 Å². The Labute approximate surface area is 217 Å². The van der Waals surface area contributed by atoms with Crippen LogP contribution in [0.15, 0.2) is 71.9 Å². The largest absolute Gasteiger partial charge is 0.392 e. The van der Waals surface area contributed by atoms with Crippen LogP contribution in [0.5, 0.6) is 0 Å². The third kappa shape index (κ3) is 3.69. The van der Waals surface area contributed by atoms with Crippen molar-refractivity contribution in [2.45, 2.75) is 38.5 Å². The lowest BCUT2D eigenvalue weighted by Crippen LogP contribution is -2.26. The first-order chi connectivity index (χ1) is 18.3. The molecule has 0 saturated heterocycles. The van der Waals surface area contributed by atoms with Gasteiger partial charge in [-0.3, -0.25) is 14.3 Å². The van der Waals surface area contributed by atoms with Gasteiger partial charge in [-0.15, -0.1) is 0 Å². The fraction of sp³-hybridized carbons (Fsp3) is 0.214. The summed E-state index contributed by atoms with van der Waals surface area (Å²) >= 11 is 0. The molecule has 3 aromatic heterocycles. The van der Waals surface area contributed by atoms with Crippen molar-refractivity contribution in [1.29, 1.82) is 0 Å². The number of nitrogens with zero attached hydrogens (tertiary/aromatic N) is 5. The van der Waals surface area contributed by atoms with Crippen LogP contribution in [-0.4, -0.2) is 41.0 Å². The number of amides is 1. The highest BCUT2D eigenvalue weighted by atomic mass is 16.3. The van der Waals surface area contributed by atoms with E-state index >= 15 is 0 Å². The number of nitrogens with two attached hydrogens (primary N) is 2. The first-order valence-electron chi connectivity index (χ1n) is 12.4. The number of hydrogen-bond acceptors (Lipinski definition) is 6. The number of benzene rings is 2. The number of anilines is 1. The van der Waals surface area contributed by atoms with E-state index in [9.17, 15) is 14.7 Å². The minimum atomic E-state index is -0.724. The van der Waals surface area contributed by atoms with E-state index in [1.54, 1.807) is 11.6 Å². The van der Waals surface area contributed by atoms with Crippen LogP contribution >= 0.6 is 0 Å². The summed E-state index contributed by atoms with van der Waals surface area (Å²) in [6.07, 6.45) is 3.52. The van der Waals surface area contributed by atoms with Crippen LogP contribution in [-0.2, 0) is 13.1 Å². The Morgan fingerprint density at radius 3 is 2.55 bits per heavy atom. The van der Waals surface area contributed by atoms with E-state index in [0.29, 0.717) is 35.9 Å². The predicted molar refractivity (Wildman–Crippen MR) is 144 cm³/mol. The van der Waals surface area contributed by atoms with Gasteiger partial charge in [-0.05, 0) is 36.6 Å². The minimum Gasteiger partial charge on any atom is -0.392 e. The maximum Gasteiger partial charge on any atom is 0.284 e. The Morgan fingerprint density at radius 2 is 1.87 bits per heavy atom. The number of fused-ring (bicyclic) bond motifs is 2. The highest BCUT2D eigenvalue weighted by molar-refractivity contribution is 6.00. The van der Waals surface area contributed by atoms with Crippen molar-refractivity contribution in [1.82, 2.24) is 23.9 Å². The summed E-state index contributed by atoms with van der Waals surface area (Å²) in [6.45, 7) is 2.68. The molecule has 192 valence electrons. The molecule has 0 bridgehead atoms. The van der Waals surface area contributed by atoms with Crippen LogP contribution < -0.4 is 17.0 Å². The van der Waals surface area contributed by atoms with Gasteiger partial charge in [0.15, 0.2) is 0 Å². The van der Waals surface area contributed by atoms with E-state index in [1.807, 2.05) is 70.0 Å². The van der Waals surface area contributed by atoms with E-state index in [4.69, 9.17) is 11.5 Å². The molecule has 2 atom stereocenters. The van der Waals surface area contributed by atoms with E-state index in [1.165, 1.54) is 6.33 Å². The van der Waals surface area contributed by atoms with Crippen LogP contribution in [0.25, 0.3) is 27.8 Å². The van der Waals surface area contributed by atoms with Crippen LogP contribution in [0.3, 0.4) is 0 Å². The monoisotopic (exact) mass is 509 g/mol. The van der Waals surface area contributed by atoms with Gasteiger partial charge < -0.3 is 21.1 Å². The lowest BCUT2D eigenvalue weighted by Gasteiger charge is -2.12. The number of rotatable bonds is 6. The zero-order chi connectivity index (χ0) is 26.6. The number of aromatic nitrogens is 5. The molecule has 1 amide bonds. The summed E-state index contributed by atoms with van der Waals surface area (Å²) < 4.78 is 5.30. The van der Waals surface area contributed by atoms with E-state index in [2.05, 4.69) is 9.97 Å². The summed E-state index contributed by atoms with van der Waals surface area (Å²) in [4.78, 5) is 34.3. The molecule has 0 aliphatic carbocycles. The average Bonchev–Trinajstić information content (AvgIpc) is 3.55. The Bertz CT molecular complexity index is 1730. The number of hydrogen-bond donors (Lipinski definition) is 3. The summed E-state index contributed by atoms with van der Waals surface area (Å²) in [6, 6.07) is 17.2. The zero-order valence-corrected chi connectivity index (χ0v) is 20.8. The molecule has 6 rings (SSSR count). The first kappa shape index (κ1) is 23.7. The minimum absolute atomic E-state index is 0.0338. The van der Waals surface area contributed by atoms with Crippen molar-refractivity contribution in [2.75, 3.05) is 5.73 Å². The molecule has 5 N–H and O–H groups in total. The van der Waals surface area contributed by atoms with Gasteiger partial charge in [0.1, 0.15) is 23.4 Å². The van der Waals surface area contributed by atoms with Crippen LogP contribution in [0, 0.1) is 0 Å². The second-order valence-electron chi connectivity index (χ2n) is 9.67. The number of primary amides is 1. The van der Waals surface area contributed by atoms with Gasteiger partial charge in [-0.2, -0.15) is 0 Å². The van der Waals surface area contributed by atoms with Crippen molar-refractivity contribution < 1.29 is 9.90 Å². The zero-order valence-electron chi connectivity index (χ0n) is 20.8. The summed E-state index contributed by atoms with van der Waals surface area (Å²) in [7, 11) is 0. The average molecular weight is 510 g/mol. The van der Waals surface area contributed by atoms with Gasteiger partial charge in [-0.1, -0.05) is 42.5 Å². The molecule has 0 fully saturated rings.